The van der Waals surface area contributed by atoms with E-state index < -0.39 is 16.7 Å². The van der Waals surface area contributed by atoms with Gasteiger partial charge in [0.25, 0.3) is 17.5 Å². The number of non-ortho nitro benzene ring substituents is 1. The summed E-state index contributed by atoms with van der Waals surface area (Å²) in [5.74, 6) is -0.776. The molecule has 0 aliphatic carbocycles. The molecule has 0 saturated heterocycles. The lowest BCUT2D eigenvalue weighted by molar-refractivity contribution is -0.384. The van der Waals surface area contributed by atoms with E-state index in [0.29, 0.717) is 15.8 Å². The summed E-state index contributed by atoms with van der Waals surface area (Å²) in [5, 5.41) is 11.6. The van der Waals surface area contributed by atoms with E-state index in [1.807, 2.05) is 0 Å². The molecule has 128 valence electrons. The number of nitro groups is 1. The largest absolute Gasteiger partial charge is 0.490 e. The molecule has 1 aliphatic rings. The third-order valence-electron chi connectivity index (χ3n) is 3.63. The van der Waals surface area contributed by atoms with Crippen molar-refractivity contribution >= 4 is 40.7 Å². The number of halogens is 2. The number of hydrogen-bond donors (Lipinski definition) is 0. The van der Waals surface area contributed by atoms with E-state index in [1.165, 1.54) is 18.2 Å². The van der Waals surface area contributed by atoms with Crippen LogP contribution in [0.2, 0.25) is 10.0 Å². The summed E-state index contributed by atoms with van der Waals surface area (Å²) in [6.07, 6.45) is 0. The zero-order valence-electron chi connectivity index (χ0n) is 12.6. The summed E-state index contributed by atoms with van der Waals surface area (Å²) in [4.78, 5) is 35.8. The molecule has 0 radical (unpaired) electrons. The molecule has 0 fully saturated rings. The van der Waals surface area contributed by atoms with Crippen LogP contribution in [0.4, 0.5) is 5.69 Å². The highest BCUT2D eigenvalue weighted by atomic mass is 35.5. The highest BCUT2D eigenvalue weighted by molar-refractivity contribution is 6.34. The quantitative estimate of drug-likeness (QED) is 0.449. The van der Waals surface area contributed by atoms with E-state index in [0.717, 1.165) is 11.0 Å². The van der Waals surface area contributed by atoms with Crippen molar-refractivity contribution in [2.24, 2.45) is 0 Å². The number of imide groups is 1. The summed E-state index contributed by atoms with van der Waals surface area (Å²) >= 11 is 11.8. The van der Waals surface area contributed by atoms with Gasteiger partial charge in [0.05, 0.1) is 27.6 Å². The Morgan fingerprint density at radius 1 is 1.04 bits per heavy atom. The predicted molar refractivity (Wildman–Crippen MR) is 90.4 cm³/mol. The minimum Gasteiger partial charge on any atom is -0.490 e. The van der Waals surface area contributed by atoms with Gasteiger partial charge in [0.15, 0.2) is 0 Å². The van der Waals surface area contributed by atoms with Gasteiger partial charge < -0.3 is 4.74 Å². The van der Waals surface area contributed by atoms with Gasteiger partial charge in [-0.25, -0.2) is 0 Å². The van der Waals surface area contributed by atoms with Gasteiger partial charge in [-0.15, -0.1) is 0 Å². The molecule has 0 aromatic heterocycles. The zero-order valence-corrected chi connectivity index (χ0v) is 14.1. The number of nitro benzene ring substituents is 1. The lowest BCUT2D eigenvalue weighted by Crippen LogP contribution is -2.33. The van der Waals surface area contributed by atoms with Crippen molar-refractivity contribution in [3.8, 4) is 5.75 Å². The van der Waals surface area contributed by atoms with E-state index in [4.69, 9.17) is 27.9 Å². The van der Waals surface area contributed by atoms with Crippen LogP contribution in [-0.4, -0.2) is 34.8 Å². The van der Waals surface area contributed by atoms with Gasteiger partial charge in [-0.05, 0) is 18.2 Å². The summed E-state index contributed by atoms with van der Waals surface area (Å²) < 4.78 is 5.47. The molecular formula is C16H10Cl2N2O5. The highest BCUT2D eigenvalue weighted by Crippen LogP contribution is 2.29. The van der Waals surface area contributed by atoms with Crippen LogP contribution in [0.25, 0.3) is 0 Å². The van der Waals surface area contributed by atoms with Gasteiger partial charge in [-0.1, -0.05) is 23.2 Å². The second-order valence-electron chi connectivity index (χ2n) is 5.17. The van der Waals surface area contributed by atoms with Crippen LogP contribution in [-0.2, 0) is 0 Å². The summed E-state index contributed by atoms with van der Waals surface area (Å²) in [6, 6.07) is 8.27. The standard InChI is InChI=1S/C16H10Cl2N2O5/c17-9-1-4-13(18)14(7-9)25-6-5-19-15(21)11-3-2-10(20(23)24)8-12(11)16(19)22/h1-4,7-8H,5-6H2. The molecule has 0 spiro atoms. The fraction of sp³-hybridized carbons (Fsp3) is 0.125. The van der Waals surface area contributed by atoms with Crippen molar-refractivity contribution in [1.82, 2.24) is 4.90 Å². The minimum absolute atomic E-state index is 0.00756. The van der Waals surface area contributed by atoms with Crippen molar-refractivity contribution in [1.29, 1.82) is 0 Å². The first-order valence-electron chi connectivity index (χ1n) is 7.11. The van der Waals surface area contributed by atoms with Crippen LogP contribution in [0, 0.1) is 10.1 Å². The third-order valence-corrected chi connectivity index (χ3v) is 4.18. The van der Waals surface area contributed by atoms with Crippen molar-refractivity contribution in [3.05, 3.63) is 67.7 Å². The number of amides is 2. The smallest absolute Gasteiger partial charge is 0.270 e. The number of carbonyl (C=O) groups excluding carboxylic acids is 2. The molecule has 0 atom stereocenters. The first-order chi connectivity index (χ1) is 11.9. The predicted octanol–water partition coefficient (Wildman–Crippen LogP) is 3.58. The topological polar surface area (TPSA) is 89.8 Å². The van der Waals surface area contributed by atoms with E-state index >= 15 is 0 Å². The van der Waals surface area contributed by atoms with Gasteiger partial charge in [0, 0.05) is 23.2 Å². The fourth-order valence-corrected chi connectivity index (χ4v) is 2.76. The molecule has 3 rings (SSSR count). The summed E-state index contributed by atoms with van der Waals surface area (Å²) in [6.45, 7) is -0.0173. The Morgan fingerprint density at radius 3 is 2.48 bits per heavy atom. The van der Waals surface area contributed by atoms with E-state index in [-0.39, 0.29) is 30.0 Å². The molecule has 0 N–H and O–H groups in total. The van der Waals surface area contributed by atoms with Crippen molar-refractivity contribution in [2.75, 3.05) is 13.2 Å². The minimum atomic E-state index is -0.620. The molecule has 0 bridgehead atoms. The van der Waals surface area contributed by atoms with Gasteiger partial charge >= 0.3 is 0 Å². The molecule has 2 aromatic carbocycles. The molecular weight excluding hydrogens is 371 g/mol. The van der Waals surface area contributed by atoms with Crippen LogP contribution in [0.3, 0.4) is 0 Å². The van der Waals surface area contributed by atoms with Gasteiger partial charge in [-0.3, -0.25) is 24.6 Å². The Hall–Kier alpha value is -2.64. The van der Waals surface area contributed by atoms with Gasteiger partial charge in [0.1, 0.15) is 12.4 Å². The number of hydrogen-bond acceptors (Lipinski definition) is 5. The van der Waals surface area contributed by atoms with Gasteiger partial charge in [0.2, 0.25) is 0 Å². The number of fused-ring (bicyclic) bond motifs is 1. The molecule has 1 aliphatic heterocycles. The maximum atomic E-state index is 12.3. The number of ether oxygens (including phenoxy) is 1. The van der Waals surface area contributed by atoms with Crippen molar-refractivity contribution in [2.45, 2.75) is 0 Å². The Morgan fingerprint density at radius 2 is 1.76 bits per heavy atom. The molecule has 2 amide bonds. The van der Waals surface area contributed by atoms with Crippen LogP contribution in [0.15, 0.2) is 36.4 Å². The lowest BCUT2D eigenvalue weighted by Gasteiger charge is -2.15. The SMILES string of the molecule is O=C1c2ccc([N+](=O)[O-])cc2C(=O)N1CCOc1cc(Cl)ccc1Cl. The number of nitrogens with zero attached hydrogens (tertiary/aromatic N) is 2. The molecule has 0 unspecified atom stereocenters. The number of benzene rings is 2. The zero-order chi connectivity index (χ0) is 18.1. The fourth-order valence-electron chi connectivity index (χ4n) is 2.43. The second-order valence-corrected chi connectivity index (χ2v) is 6.02. The van der Waals surface area contributed by atoms with Crippen molar-refractivity contribution in [3.63, 3.8) is 0 Å². The van der Waals surface area contributed by atoms with Gasteiger partial charge in [-0.2, -0.15) is 0 Å². The summed E-state index contributed by atoms with van der Waals surface area (Å²) in [5.41, 5.74) is -0.0971. The third kappa shape index (κ3) is 3.29. The normalized spacial score (nSPS) is 13.1. The first kappa shape index (κ1) is 17.2. The Bertz CT molecular complexity index is 900. The molecule has 0 saturated carbocycles. The molecule has 7 nitrogen and oxygen atoms in total. The Labute approximate surface area is 151 Å². The molecule has 2 aromatic rings. The van der Waals surface area contributed by atoms with Crippen LogP contribution < -0.4 is 4.74 Å². The van der Waals surface area contributed by atoms with Crippen LogP contribution in [0.1, 0.15) is 20.7 Å². The van der Waals surface area contributed by atoms with Crippen LogP contribution in [0.5, 0.6) is 5.75 Å². The lowest BCUT2D eigenvalue weighted by atomic mass is 10.1. The first-order valence-corrected chi connectivity index (χ1v) is 7.86. The monoisotopic (exact) mass is 380 g/mol. The highest BCUT2D eigenvalue weighted by Gasteiger charge is 2.36. The van der Waals surface area contributed by atoms with Crippen LogP contribution >= 0.6 is 23.2 Å². The number of rotatable bonds is 5. The molecule has 1 heterocycles. The molecule has 9 heteroatoms. The molecule has 25 heavy (non-hydrogen) atoms. The second kappa shape index (κ2) is 6.70. The van der Waals surface area contributed by atoms with Crippen molar-refractivity contribution < 1.29 is 19.2 Å². The maximum absolute atomic E-state index is 12.3. The summed E-state index contributed by atoms with van der Waals surface area (Å²) in [7, 11) is 0. The number of carbonyl (C=O) groups is 2. The van der Waals surface area contributed by atoms with E-state index in [2.05, 4.69) is 0 Å². The van der Waals surface area contributed by atoms with E-state index in [1.54, 1.807) is 12.1 Å². The average Bonchev–Trinajstić information content (AvgIpc) is 2.82. The maximum Gasteiger partial charge on any atom is 0.270 e. The Kier molecular flexibility index (Phi) is 4.61. The Balaban J connectivity index is 1.72. The average molecular weight is 381 g/mol. The van der Waals surface area contributed by atoms with E-state index in [9.17, 15) is 19.7 Å².